The number of anilines is 1. The molecule has 282 valence electrons. The van der Waals surface area contributed by atoms with Crippen LogP contribution in [0.4, 0.5) is 10.2 Å². The smallest absolute Gasteiger partial charge is 0.262 e. The van der Waals surface area contributed by atoms with Gasteiger partial charge in [-0.1, -0.05) is 159 Å². The van der Waals surface area contributed by atoms with Gasteiger partial charge in [-0.3, -0.25) is 9.69 Å². The van der Waals surface area contributed by atoms with Crippen molar-refractivity contribution in [3.63, 3.8) is 0 Å². The molecule has 0 aliphatic carbocycles. The van der Waals surface area contributed by atoms with Gasteiger partial charge in [0.2, 0.25) is 0 Å². The SMILES string of the molecule is COc1ccc(C(=O)N(CC(C)(C)CCCCCCCCCCCCCCCCCCCCOCc2ccccc2)c2cccc(C)n2)c(F)c1. The molecular weight excluding hydrogens is 636 g/mol. The third kappa shape index (κ3) is 17.7. The molecule has 6 heteroatoms. The van der Waals surface area contributed by atoms with E-state index in [2.05, 4.69) is 43.1 Å². The van der Waals surface area contributed by atoms with Crippen LogP contribution in [0.3, 0.4) is 0 Å². The van der Waals surface area contributed by atoms with Crippen LogP contribution in [0, 0.1) is 18.2 Å². The molecule has 0 N–H and O–H groups in total. The van der Waals surface area contributed by atoms with Crippen LogP contribution in [0.25, 0.3) is 0 Å². The molecule has 0 aliphatic heterocycles. The number of halogens is 1. The van der Waals surface area contributed by atoms with Crippen molar-refractivity contribution in [3.8, 4) is 5.75 Å². The van der Waals surface area contributed by atoms with E-state index in [0.717, 1.165) is 31.7 Å². The summed E-state index contributed by atoms with van der Waals surface area (Å²) < 4.78 is 25.8. The molecule has 0 spiro atoms. The fraction of sp³-hybridized carbons (Fsp3) is 0.600. The highest BCUT2D eigenvalue weighted by molar-refractivity contribution is 6.05. The summed E-state index contributed by atoms with van der Waals surface area (Å²) in [5, 5.41) is 0. The topological polar surface area (TPSA) is 51.7 Å². The zero-order valence-corrected chi connectivity index (χ0v) is 32.4. The van der Waals surface area contributed by atoms with Crippen LogP contribution in [0.15, 0.2) is 66.7 Å². The van der Waals surface area contributed by atoms with Crippen LogP contribution in [0.5, 0.6) is 5.75 Å². The molecule has 5 nitrogen and oxygen atoms in total. The zero-order valence-electron chi connectivity index (χ0n) is 32.4. The van der Waals surface area contributed by atoms with Crippen molar-refractivity contribution in [1.82, 2.24) is 4.98 Å². The Morgan fingerprint density at radius 3 is 1.78 bits per heavy atom. The lowest BCUT2D eigenvalue weighted by Gasteiger charge is -2.32. The molecule has 1 aromatic heterocycles. The van der Waals surface area contributed by atoms with Crippen LogP contribution >= 0.6 is 0 Å². The zero-order chi connectivity index (χ0) is 36.6. The fourth-order valence-corrected chi connectivity index (χ4v) is 6.78. The second-order valence-electron chi connectivity index (χ2n) is 15.2. The van der Waals surface area contributed by atoms with E-state index in [1.807, 2.05) is 31.2 Å². The van der Waals surface area contributed by atoms with Gasteiger partial charge in [-0.05, 0) is 55.0 Å². The number of ether oxygens (including phenoxy) is 2. The lowest BCUT2D eigenvalue weighted by Crippen LogP contribution is -2.40. The fourth-order valence-electron chi connectivity index (χ4n) is 6.78. The van der Waals surface area contributed by atoms with Gasteiger partial charge in [0.15, 0.2) is 0 Å². The minimum Gasteiger partial charge on any atom is -0.497 e. The van der Waals surface area contributed by atoms with Gasteiger partial charge in [0, 0.05) is 24.9 Å². The van der Waals surface area contributed by atoms with Crippen LogP contribution in [-0.4, -0.2) is 31.2 Å². The van der Waals surface area contributed by atoms with Gasteiger partial charge in [0.1, 0.15) is 17.4 Å². The van der Waals surface area contributed by atoms with E-state index in [0.29, 0.717) is 18.1 Å². The number of pyridine rings is 1. The number of carbonyl (C=O) groups is 1. The molecular formula is C45H67FN2O3. The number of aryl methyl sites for hydroxylation is 1. The molecule has 0 unspecified atom stereocenters. The number of hydrogen-bond donors (Lipinski definition) is 0. The monoisotopic (exact) mass is 703 g/mol. The summed E-state index contributed by atoms with van der Waals surface area (Å²) in [4.78, 5) is 19.9. The minimum absolute atomic E-state index is 0.0317. The third-order valence-electron chi connectivity index (χ3n) is 9.89. The normalized spacial score (nSPS) is 11.5. The Kier molecular flexibility index (Phi) is 20.5. The van der Waals surface area contributed by atoms with Crippen molar-refractivity contribution in [1.29, 1.82) is 0 Å². The molecule has 3 rings (SSSR count). The van der Waals surface area contributed by atoms with Gasteiger partial charge in [0.25, 0.3) is 5.91 Å². The van der Waals surface area contributed by atoms with Crippen LogP contribution in [-0.2, 0) is 11.3 Å². The van der Waals surface area contributed by atoms with E-state index in [-0.39, 0.29) is 16.9 Å². The highest BCUT2D eigenvalue weighted by atomic mass is 19.1. The van der Waals surface area contributed by atoms with E-state index in [4.69, 9.17) is 9.47 Å². The predicted molar refractivity (Wildman–Crippen MR) is 211 cm³/mol. The first-order valence-corrected chi connectivity index (χ1v) is 20.0. The van der Waals surface area contributed by atoms with E-state index >= 15 is 0 Å². The number of hydrogen-bond acceptors (Lipinski definition) is 4. The van der Waals surface area contributed by atoms with E-state index in [9.17, 15) is 9.18 Å². The molecule has 0 saturated heterocycles. The summed E-state index contributed by atoms with van der Waals surface area (Å²) in [5.74, 6) is -0.0118. The Labute approximate surface area is 309 Å². The summed E-state index contributed by atoms with van der Waals surface area (Å²) >= 11 is 0. The Morgan fingerprint density at radius 1 is 0.706 bits per heavy atom. The third-order valence-corrected chi connectivity index (χ3v) is 9.89. The van der Waals surface area contributed by atoms with Crippen molar-refractivity contribution >= 4 is 11.7 Å². The minimum atomic E-state index is -0.584. The lowest BCUT2D eigenvalue weighted by molar-refractivity contribution is 0.0969. The molecule has 0 saturated carbocycles. The van der Waals surface area contributed by atoms with Crippen molar-refractivity contribution in [3.05, 3.63) is 89.4 Å². The highest BCUT2D eigenvalue weighted by Gasteiger charge is 2.29. The van der Waals surface area contributed by atoms with Crippen LogP contribution in [0.1, 0.15) is 157 Å². The standard InChI is InChI=1S/C45H67FN2O3/c1-38-27-26-30-43(47-38)48(44(49)41-32-31-40(50-4)35-42(41)46)37-45(2,3)33-24-19-17-15-13-11-9-7-5-6-8-10-12-14-16-18-20-25-34-51-36-39-28-22-21-23-29-39/h21-23,26-32,35H,5-20,24-25,33-34,36-37H2,1-4H3. The summed E-state index contributed by atoms with van der Waals surface area (Å²) in [5.41, 5.74) is 1.98. The van der Waals surface area contributed by atoms with Gasteiger partial charge < -0.3 is 9.47 Å². The number of carbonyl (C=O) groups excluding carboxylic acids is 1. The van der Waals surface area contributed by atoms with Gasteiger partial charge in [-0.25, -0.2) is 9.37 Å². The molecule has 0 radical (unpaired) electrons. The number of amides is 1. The molecule has 3 aromatic rings. The Balaban J connectivity index is 1.16. The Morgan fingerprint density at radius 2 is 1.25 bits per heavy atom. The van der Waals surface area contributed by atoms with Gasteiger partial charge in [0.05, 0.1) is 19.3 Å². The van der Waals surface area contributed by atoms with E-state index in [1.165, 1.54) is 134 Å². The second kappa shape index (κ2) is 24.9. The number of unbranched alkanes of at least 4 members (excludes halogenated alkanes) is 17. The lowest BCUT2D eigenvalue weighted by atomic mass is 9.85. The van der Waals surface area contributed by atoms with Crippen molar-refractivity contribution in [2.75, 3.05) is 25.2 Å². The summed E-state index contributed by atoms with van der Waals surface area (Å²) in [6.45, 7) is 8.38. The second-order valence-corrected chi connectivity index (χ2v) is 15.2. The highest BCUT2D eigenvalue weighted by Crippen LogP contribution is 2.30. The first kappa shape index (κ1) is 42.2. The molecule has 51 heavy (non-hydrogen) atoms. The summed E-state index contributed by atoms with van der Waals surface area (Å²) in [6, 6.07) is 20.5. The number of nitrogens with zero attached hydrogens (tertiary/aromatic N) is 2. The number of benzene rings is 2. The van der Waals surface area contributed by atoms with Crippen LogP contribution in [0.2, 0.25) is 0 Å². The molecule has 1 amide bonds. The van der Waals surface area contributed by atoms with Gasteiger partial charge in [-0.15, -0.1) is 0 Å². The molecule has 0 aliphatic rings. The van der Waals surface area contributed by atoms with Crippen LogP contribution < -0.4 is 9.64 Å². The quantitative estimate of drug-likeness (QED) is 0.0707. The van der Waals surface area contributed by atoms with Crippen molar-refractivity contribution in [2.24, 2.45) is 5.41 Å². The predicted octanol–water partition coefficient (Wildman–Crippen LogP) is 12.8. The molecule has 0 atom stereocenters. The van der Waals surface area contributed by atoms with Gasteiger partial charge >= 0.3 is 0 Å². The van der Waals surface area contributed by atoms with Crippen molar-refractivity contribution in [2.45, 2.75) is 149 Å². The average molecular weight is 703 g/mol. The van der Waals surface area contributed by atoms with E-state index < -0.39 is 5.82 Å². The number of methoxy groups -OCH3 is 1. The van der Waals surface area contributed by atoms with E-state index in [1.54, 1.807) is 11.0 Å². The first-order chi connectivity index (χ1) is 24.8. The molecule has 1 heterocycles. The average Bonchev–Trinajstić information content (AvgIpc) is 3.12. The maximum absolute atomic E-state index is 14.9. The van der Waals surface area contributed by atoms with Gasteiger partial charge in [-0.2, -0.15) is 0 Å². The molecule has 2 aromatic carbocycles. The largest absolute Gasteiger partial charge is 0.497 e. The molecule has 0 bridgehead atoms. The Bertz CT molecular complexity index is 1360. The summed E-state index contributed by atoms with van der Waals surface area (Å²) in [7, 11) is 1.49. The maximum atomic E-state index is 14.9. The Hall–Kier alpha value is -3.25. The maximum Gasteiger partial charge on any atom is 0.262 e. The first-order valence-electron chi connectivity index (χ1n) is 20.0. The molecule has 0 fully saturated rings. The van der Waals surface area contributed by atoms with Crippen molar-refractivity contribution < 1.29 is 18.7 Å². The summed E-state index contributed by atoms with van der Waals surface area (Å²) in [6.07, 6.45) is 24.9. The number of rotatable bonds is 28. The number of aromatic nitrogens is 1.